The molecule has 0 fully saturated rings. The maximum atomic E-state index is 12.5. The lowest BCUT2D eigenvalue weighted by molar-refractivity contribution is 0.0623. The summed E-state index contributed by atoms with van der Waals surface area (Å²) in [6, 6.07) is 16.2. The van der Waals surface area contributed by atoms with Crippen molar-refractivity contribution in [2.75, 3.05) is 11.9 Å². The van der Waals surface area contributed by atoms with Crippen molar-refractivity contribution >= 4 is 33.8 Å². The fourth-order valence-corrected chi connectivity index (χ4v) is 4.13. The number of halogens is 1. The second-order valence-electron chi connectivity index (χ2n) is 6.63. The lowest BCUT2D eigenvalue weighted by atomic mass is 9.93. The third-order valence-corrected chi connectivity index (χ3v) is 5.66. The van der Waals surface area contributed by atoms with Crippen LogP contribution >= 0.6 is 15.9 Å². The molecular weight excluding hydrogens is 424 g/mol. The molecule has 1 heterocycles. The van der Waals surface area contributed by atoms with Gasteiger partial charge in [-0.15, -0.1) is 0 Å². The van der Waals surface area contributed by atoms with E-state index < -0.39 is 12.2 Å². The molecule has 2 aromatic rings. The quantitative estimate of drug-likeness (QED) is 0.493. The van der Waals surface area contributed by atoms with Gasteiger partial charge in [0.2, 0.25) is 0 Å². The molecule has 2 unspecified atom stereocenters. The van der Waals surface area contributed by atoms with Crippen LogP contribution in [0, 0.1) is 5.92 Å². The van der Waals surface area contributed by atoms with Crippen molar-refractivity contribution in [2.45, 2.75) is 18.9 Å². The van der Waals surface area contributed by atoms with Crippen molar-refractivity contribution in [1.82, 2.24) is 4.90 Å². The third kappa shape index (κ3) is 4.25. The van der Waals surface area contributed by atoms with Crippen LogP contribution in [0.15, 0.2) is 54.6 Å². The molecule has 0 aliphatic carbocycles. The Balaban J connectivity index is 1.66. The standard InChI is InChI=1S/C21H21BrN2O4/c22-13-15(18(28-21(23)27)14-7-2-1-3-8-14)9-6-12-24-19(25)16-10-4-5-11-17(16)20(24)26/h1-5,7-8,10-11,15,18H,6,9,12-13H2,(H2,23,27). The average Bonchev–Trinajstić information content (AvgIpc) is 2.95. The highest BCUT2D eigenvalue weighted by Gasteiger charge is 2.35. The number of hydrogen-bond donors (Lipinski definition) is 1. The molecule has 0 aromatic heterocycles. The summed E-state index contributed by atoms with van der Waals surface area (Å²) >= 11 is 3.48. The van der Waals surface area contributed by atoms with Crippen LogP contribution in [0.3, 0.4) is 0 Å². The Morgan fingerprint density at radius 3 is 2.11 bits per heavy atom. The molecule has 3 rings (SSSR count). The minimum Gasteiger partial charge on any atom is -0.441 e. The monoisotopic (exact) mass is 444 g/mol. The van der Waals surface area contributed by atoms with Gasteiger partial charge in [0.1, 0.15) is 6.10 Å². The first kappa shape index (κ1) is 20.1. The Kier molecular flexibility index (Phi) is 6.46. The van der Waals surface area contributed by atoms with E-state index in [1.165, 1.54) is 4.90 Å². The molecule has 7 heteroatoms. The summed E-state index contributed by atoms with van der Waals surface area (Å²) in [4.78, 5) is 37.6. The molecule has 146 valence electrons. The van der Waals surface area contributed by atoms with E-state index in [1.54, 1.807) is 24.3 Å². The van der Waals surface area contributed by atoms with Crippen LogP contribution in [0.5, 0.6) is 0 Å². The Labute approximate surface area is 171 Å². The van der Waals surface area contributed by atoms with Crippen molar-refractivity contribution in [3.8, 4) is 0 Å². The summed E-state index contributed by atoms with van der Waals surface area (Å²) in [6.45, 7) is 0.313. The number of primary amides is 1. The third-order valence-electron chi connectivity index (χ3n) is 4.83. The summed E-state index contributed by atoms with van der Waals surface area (Å²) < 4.78 is 5.37. The van der Waals surface area contributed by atoms with Gasteiger partial charge in [-0.05, 0) is 30.5 Å². The fourth-order valence-electron chi connectivity index (χ4n) is 3.47. The minimum absolute atomic E-state index is 0.0508. The first-order valence-corrected chi connectivity index (χ1v) is 10.2. The van der Waals surface area contributed by atoms with Crippen molar-refractivity contribution in [2.24, 2.45) is 11.7 Å². The molecule has 0 spiro atoms. The number of carbonyl (C=O) groups excluding carboxylic acids is 3. The summed E-state index contributed by atoms with van der Waals surface area (Å²) in [5.74, 6) is -0.571. The van der Waals surface area contributed by atoms with Crippen LogP contribution in [0.25, 0.3) is 0 Å². The number of alkyl halides is 1. The zero-order valence-electron chi connectivity index (χ0n) is 15.2. The SMILES string of the molecule is NC(=O)OC(c1ccccc1)C(CBr)CCCN1C(=O)c2ccccc2C1=O. The van der Waals surface area contributed by atoms with Crippen molar-refractivity contribution < 1.29 is 19.1 Å². The van der Waals surface area contributed by atoms with Gasteiger partial charge in [-0.1, -0.05) is 58.4 Å². The molecule has 0 radical (unpaired) electrons. The molecule has 2 atom stereocenters. The molecule has 28 heavy (non-hydrogen) atoms. The molecule has 6 nitrogen and oxygen atoms in total. The molecular formula is C21H21BrN2O4. The van der Waals surface area contributed by atoms with Crippen LogP contribution in [-0.2, 0) is 4.74 Å². The second kappa shape index (κ2) is 9.01. The van der Waals surface area contributed by atoms with Crippen LogP contribution in [0.1, 0.15) is 45.2 Å². The number of fused-ring (bicyclic) bond motifs is 1. The highest BCUT2D eigenvalue weighted by Crippen LogP contribution is 2.31. The van der Waals surface area contributed by atoms with Gasteiger partial charge in [-0.25, -0.2) is 4.79 Å². The molecule has 1 aliphatic heterocycles. The molecule has 3 amide bonds. The normalized spacial score (nSPS) is 15.2. The summed E-state index contributed by atoms with van der Waals surface area (Å²) in [5.41, 5.74) is 7.01. The number of benzene rings is 2. The minimum atomic E-state index is -0.833. The predicted octanol–water partition coefficient (Wildman–Crippen LogP) is 3.91. The predicted molar refractivity (Wildman–Crippen MR) is 108 cm³/mol. The zero-order chi connectivity index (χ0) is 20.1. The van der Waals surface area contributed by atoms with Crippen LogP contribution in [-0.4, -0.2) is 34.7 Å². The van der Waals surface area contributed by atoms with Crippen molar-refractivity contribution in [3.63, 3.8) is 0 Å². The van der Waals surface area contributed by atoms with Gasteiger partial charge >= 0.3 is 6.09 Å². The van der Waals surface area contributed by atoms with E-state index in [1.807, 2.05) is 30.3 Å². The Bertz CT molecular complexity index is 837. The zero-order valence-corrected chi connectivity index (χ0v) is 16.8. The summed E-state index contributed by atoms with van der Waals surface area (Å²) in [5, 5.41) is 0.585. The van der Waals surface area contributed by atoms with Crippen LogP contribution in [0.2, 0.25) is 0 Å². The summed E-state index contributed by atoms with van der Waals surface area (Å²) in [6.07, 6.45) is -0.0982. The number of ether oxygens (including phenoxy) is 1. The number of imide groups is 1. The Morgan fingerprint density at radius 1 is 1.00 bits per heavy atom. The number of nitrogens with zero attached hydrogens (tertiary/aromatic N) is 1. The highest BCUT2D eigenvalue weighted by atomic mass is 79.9. The van der Waals surface area contributed by atoms with Crippen molar-refractivity contribution in [3.05, 3.63) is 71.3 Å². The average molecular weight is 445 g/mol. The summed E-state index contributed by atoms with van der Waals surface area (Å²) in [7, 11) is 0. The second-order valence-corrected chi connectivity index (χ2v) is 7.28. The number of carbonyl (C=O) groups is 3. The first-order valence-electron chi connectivity index (χ1n) is 9.05. The van der Waals surface area contributed by atoms with Crippen LogP contribution in [0.4, 0.5) is 4.79 Å². The van der Waals surface area contributed by atoms with Gasteiger partial charge in [0, 0.05) is 17.8 Å². The van der Waals surface area contributed by atoms with E-state index >= 15 is 0 Å². The van der Waals surface area contributed by atoms with E-state index in [4.69, 9.17) is 10.5 Å². The van der Waals surface area contributed by atoms with E-state index in [0.29, 0.717) is 35.8 Å². The topological polar surface area (TPSA) is 89.7 Å². The smallest absolute Gasteiger partial charge is 0.405 e. The van der Waals surface area contributed by atoms with Gasteiger partial charge < -0.3 is 10.5 Å². The maximum Gasteiger partial charge on any atom is 0.405 e. The molecule has 0 bridgehead atoms. The maximum absolute atomic E-state index is 12.5. The molecule has 0 saturated heterocycles. The van der Waals surface area contributed by atoms with Gasteiger partial charge in [0.25, 0.3) is 11.8 Å². The lowest BCUT2D eigenvalue weighted by Gasteiger charge is -2.26. The fraction of sp³-hybridized carbons (Fsp3) is 0.286. The largest absolute Gasteiger partial charge is 0.441 e. The number of hydrogen-bond acceptors (Lipinski definition) is 4. The molecule has 1 aliphatic rings. The van der Waals surface area contributed by atoms with E-state index in [9.17, 15) is 14.4 Å². The molecule has 0 saturated carbocycles. The van der Waals surface area contributed by atoms with Crippen LogP contribution < -0.4 is 5.73 Å². The highest BCUT2D eigenvalue weighted by molar-refractivity contribution is 9.09. The van der Waals surface area contributed by atoms with Gasteiger partial charge in [0.05, 0.1) is 11.1 Å². The molecule has 2 N–H and O–H groups in total. The molecule has 2 aromatic carbocycles. The lowest BCUT2D eigenvalue weighted by Crippen LogP contribution is -2.31. The van der Waals surface area contributed by atoms with E-state index in [-0.39, 0.29) is 17.7 Å². The van der Waals surface area contributed by atoms with Gasteiger partial charge in [0.15, 0.2) is 0 Å². The van der Waals surface area contributed by atoms with E-state index in [0.717, 1.165) is 5.56 Å². The van der Waals surface area contributed by atoms with Crippen molar-refractivity contribution in [1.29, 1.82) is 0 Å². The van der Waals surface area contributed by atoms with Gasteiger partial charge in [-0.2, -0.15) is 0 Å². The van der Waals surface area contributed by atoms with E-state index in [2.05, 4.69) is 15.9 Å². The Hall–Kier alpha value is -2.67. The first-order chi connectivity index (χ1) is 13.5. The number of nitrogens with two attached hydrogens (primary N) is 1. The Morgan fingerprint density at radius 2 is 1.57 bits per heavy atom. The van der Waals surface area contributed by atoms with Gasteiger partial charge in [-0.3, -0.25) is 14.5 Å². The number of rotatable bonds is 8. The number of amides is 3.